The van der Waals surface area contributed by atoms with Crippen LogP contribution in [0.15, 0.2) is 59.8 Å². The van der Waals surface area contributed by atoms with Gasteiger partial charge in [0, 0.05) is 36.4 Å². The molecule has 3 N–H and O–H groups in total. The van der Waals surface area contributed by atoms with Crippen LogP contribution in [0, 0.1) is 17.8 Å². The summed E-state index contributed by atoms with van der Waals surface area (Å²) in [7, 11) is -4.17. The zero-order valence-electron chi connectivity index (χ0n) is 23.3. The molecule has 1 saturated carbocycles. The molecule has 2 aliphatic carbocycles. The van der Waals surface area contributed by atoms with Crippen molar-refractivity contribution in [2.45, 2.75) is 49.8 Å². The van der Waals surface area contributed by atoms with Crippen LogP contribution in [-0.2, 0) is 29.8 Å². The van der Waals surface area contributed by atoms with Crippen LogP contribution in [0.5, 0.6) is 0 Å². The highest BCUT2D eigenvalue weighted by molar-refractivity contribution is 7.94. The number of rotatable bonds is 7. The Labute approximate surface area is 244 Å². The summed E-state index contributed by atoms with van der Waals surface area (Å²) in [6.45, 7) is 0.732. The minimum absolute atomic E-state index is 0.0139. The molecule has 0 unspecified atom stereocenters. The van der Waals surface area contributed by atoms with E-state index in [1.165, 1.54) is 4.90 Å². The number of amides is 3. The van der Waals surface area contributed by atoms with Gasteiger partial charge in [-0.25, -0.2) is 8.42 Å². The first-order chi connectivity index (χ1) is 20.0. The Morgan fingerprint density at radius 2 is 1.76 bits per heavy atom. The summed E-state index contributed by atoms with van der Waals surface area (Å²) < 4.78 is 38.4. The van der Waals surface area contributed by atoms with Gasteiger partial charge in [-0.3, -0.25) is 14.4 Å². The molecular formula is C31H34FN3O6S. The molecular weight excluding hydrogens is 561 g/mol. The summed E-state index contributed by atoms with van der Waals surface area (Å²) >= 11 is 0. The van der Waals surface area contributed by atoms with Crippen molar-refractivity contribution >= 4 is 27.6 Å². The molecule has 11 heteroatoms. The molecule has 4 aliphatic rings. The number of aliphatic hydroxyl groups is 1. The van der Waals surface area contributed by atoms with Gasteiger partial charge in [0.05, 0.1) is 6.04 Å². The summed E-state index contributed by atoms with van der Waals surface area (Å²) in [4.78, 5) is 42.2. The van der Waals surface area contributed by atoms with E-state index in [1.807, 2.05) is 24.3 Å². The van der Waals surface area contributed by atoms with Crippen molar-refractivity contribution in [3.05, 3.63) is 70.9 Å². The third-order valence-electron chi connectivity index (χ3n) is 9.37. The van der Waals surface area contributed by atoms with Crippen LogP contribution in [-0.4, -0.2) is 67.6 Å². The van der Waals surface area contributed by atoms with E-state index in [9.17, 15) is 32.3 Å². The fourth-order valence-corrected chi connectivity index (χ4v) is 7.81. The second kappa shape index (κ2) is 10.6. The topological polar surface area (TPSA) is 133 Å². The maximum atomic E-state index is 14.6. The molecule has 42 heavy (non-hydrogen) atoms. The van der Waals surface area contributed by atoms with Crippen molar-refractivity contribution < 1.29 is 32.3 Å². The molecule has 6 rings (SSSR count). The Kier molecular flexibility index (Phi) is 7.21. The van der Waals surface area contributed by atoms with Crippen molar-refractivity contribution in [2.24, 2.45) is 17.8 Å². The second-order valence-corrected chi connectivity index (χ2v) is 13.9. The van der Waals surface area contributed by atoms with E-state index < -0.39 is 50.4 Å². The molecule has 0 radical (unpaired) electrons. The summed E-state index contributed by atoms with van der Waals surface area (Å²) in [5.74, 6) is -2.02. The lowest BCUT2D eigenvalue weighted by Crippen LogP contribution is -2.55. The average Bonchev–Trinajstić information content (AvgIpc) is 3.72. The second-order valence-electron chi connectivity index (χ2n) is 11.9. The average molecular weight is 596 g/mol. The van der Waals surface area contributed by atoms with Gasteiger partial charge in [0.15, 0.2) is 5.60 Å². The van der Waals surface area contributed by atoms with Crippen LogP contribution in [0.4, 0.5) is 4.39 Å². The molecule has 0 bridgehead atoms. The summed E-state index contributed by atoms with van der Waals surface area (Å²) in [5, 5.41) is 16.3. The minimum Gasteiger partial charge on any atom is -0.372 e. The Hall–Kier alpha value is -3.57. The molecule has 2 saturated heterocycles. The molecule has 2 aromatic rings. The summed E-state index contributed by atoms with van der Waals surface area (Å²) in [5.41, 5.74) is 0.418. The van der Waals surface area contributed by atoms with Gasteiger partial charge in [-0.05, 0) is 54.7 Å². The number of nitrogens with zero attached hydrogens (tertiary/aromatic N) is 1. The Bertz CT molecular complexity index is 1540. The monoisotopic (exact) mass is 595 g/mol. The predicted molar refractivity (Wildman–Crippen MR) is 153 cm³/mol. The first-order valence-electron chi connectivity index (χ1n) is 14.4. The summed E-state index contributed by atoms with van der Waals surface area (Å²) in [6.07, 6.45) is 4.50. The number of nitrogens with one attached hydrogen (secondary N) is 2. The zero-order chi connectivity index (χ0) is 29.8. The van der Waals surface area contributed by atoms with E-state index >= 15 is 0 Å². The molecule has 222 valence electrons. The van der Waals surface area contributed by atoms with Crippen LogP contribution in [0.25, 0.3) is 11.1 Å². The molecule has 3 fully saturated rings. The van der Waals surface area contributed by atoms with Gasteiger partial charge < -0.3 is 20.6 Å². The van der Waals surface area contributed by atoms with Crippen molar-refractivity contribution in [1.82, 2.24) is 15.5 Å². The van der Waals surface area contributed by atoms with Crippen LogP contribution in [0.2, 0.25) is 0 Å². The number of benzene rings is 2. The molecule has 5 atom stereocenters. The maximum absolute atomic E-state index is 14.6. The highest BCUT2D eigenvalue weighted by Crippen LogP contribution is 2.50. The van der Waals surface area contributed by atoms with Crippen LogP contribution < -0.4 is 10.6 Å². The number of hydrogen-bond donors (Lipinski definition) is 3. The fraction of sp³-hybridized carbons (Fsp3) is 0.452. The van der Waals surface area contributed by atoms with Crippen molar-refractivity contribution in [3.63, 3.8) is 0 Å². The van der Waals surface area contributed by atoms with Gasteiger partial charge in [0.2, 0.25) is 26.8 Å². The van der Waals surface area contributed by atoms with Gasteiger partial charge >= 0.3 is 0 Å². The Morgan fingerprint density at radius 3 is 2.36 bits per heavy atom. The normalized spacial score (nSPS) is 26.8. The Morgan fingerprint density at radius 1 is 1.12 bits per heavy atom. The van der Waals surface area contributed by atoms with Crippen molar-refractivity contribution in [2.75, 3.05) is 19.3 Å². The molecule has 0 aromatic heterocycles. The lowest BCUT2D eigenvalue weighted by molar-refractivity contribution is -0.152. The highest BCUT2D eigenvalue weighted by Gasteiger charge is 2.56. The predicted octanol–water partition coefficient (Wildman–Crippen LogP) is 2.40. The van der Waals surface area contributed by atoms with Crippen LogP contribution in [0.1, 0.15) is 43.2 Å². The van der Waals surface area contributed by atoms with E-state index in [2.05, 4.69) is 10.6 Å². The number of carbonyl (C=O) groups excluding carboxylic acids is 3. The quantitative estimate of drug-likeness (QED) is 0.451. The fourth-order valence-electron chi connectivity index (χ4n) is 7.40. The zero-order valence-corrected chi connectivity index (χ0v) is 24.1. The largest absolute Gasteiger partial charge is 0.372 e. The molecule has 2 aliphatic heterocycles. The van der Waals surface area contributed by atoms with Gasteiger partial charge in [-0.2, -0.15) is 4.39 Å². The molecule has 0 spiro atoms. The van der Waals surface area contributed by atoms with E-state index in [0.29, 0.717) is 30.5 Å². The first kappa shape index (κ1) is 28.5. The van der Waals surface area contributed by atoms with Gasteiger partial charge in [0.25, 0.3) is 5.91 Å². The molecule has 9 nitrogen and oxygen atoms in total. The van der Waals surface area contributed by atoms with Crippen molar-refractivity contribution in [3.8, 4) is 11.1 Å². The third-order valence-corrected chi connectivity index (χ3v) is 10.2. The van der Waals surface area contributed by atoms with Gasteiger partial charge in [0.1, 0.15) is 6.04 Å². The standard InChI is InChI=1S/C31H34FN3O6S/c1-42(40,41)26(32)16-20(15-18-13-14-33-28(18)36)34-29(37)27-21-10-6-7-19(21)17-35(27)30(38)31(39)24-11-4-2-8-22(24)23-9-3-5-12-25(23)31/h2-5,8-9,11-12,16,18-21,27,39H,6-7,10,13-15,17H2,1H3,(H,33,36)(H,34,37)/b26-16-/t18-,19+,20+,21+,27-/m1/s1. The van der Waals surface area contributed by atoms with E-state index in [-0.39, 0.29) is 30.7 Å². The van der Waals surface area contributed by atoms with Gasteiger partial charge in [-0.1, -0.05) is 55.0 Å². The van der Waals surface area contributed by atoms with E-state index in [1.54, 1.807) is 24.3 Å². The number of likely N-dealkylation sites (tertiary alicyclic amines) is 1. The maximum Gasteiger partial charge on any atom is 0.264 e. The van der Waals surface area contributed by atoms with Gasteiger partial charge in [-0.15, -0.1) is 0 Å². The molecule has 2 heterocycles. The van der Waals surface area contributed by atoms with E-state index in [0.717, 1.165) is 36.3 Å². The summed E-state index contributed by atoms with van der Waals surface area (Å²) in [6, 6.07) is 12.3. The van der Waals surface area contributed by atoms with E-state index in [4.69, 9.17) is 0 Å². The number of hydrogen-bond acceptors (Lipinski definition) is 6. The molecule has 2 aromatic carbocycles. The minimum atomic E-state index is -4.17. The number of sulfone groups is 1. The number of fused-ring (bicyclic) bond motifs is 4. The Balaban J connectivity index is 1.34. The number of halogens is 1. The number of carbonyl (C=O) groups is 3. The first-order valence-corrected chi connectivity index (χ1v) is 16.3. The van der Waals surface area contributed by atoms with Crippen LogP contribution in [0.3, 0.4) is 0 Å². The molecule has 3 amide bonds. The highest BCUT2D eigenvalue weighted by atomic mass is 32.2. The van der Waals surface area contributed by atoms with Crippen LogP contribution >= 0.6 is 0 Å². The lowest BCUT2D eigenvalue weighted by atomic mass is 9.88. The SMILES string of the molecule is CS(=O)(=O)/C(F)=C\[C@H](C[C@H]1CCNC1=O)NC(=O)[C@H]1[C@H]2CCC[C@H]2CN1C(=O)C1(O)c2ccccc2-c2ccccc21. The third kappa shape index (κ3) is 4.72. The van der Waals surface area contributed by atoms with Crippen molar-refractivity contribution in [1.29, 1.82) is 0 Å². The lowest BCUT2D eigenvalue weighted by Gasteiger charge is -2.34. The smallest absolute Gasteiger partial charge is 0.264 e.